The van der Waals surface area contributed by atoms with Gasteiger partial charge in [0.15, 0.2) is 0 Å². The Morgan fingerprint density at radius 1 is 0.887 bits per heavy atom. The SMILES string of the molecule is CCCCn1cc(-c2ccc(CN3CCC(OC4CCN(C(=O)c5ccc(OC)c(N6CCC(=O)CC6=O)c5)CC4)CC3)cc2)c2ccncc2c1=O. The molecule has 5 heterocycles. The van der Waals surface area contributed by atoms with Crippen LogP contribution in [0.15, 0.2) is 71.9 Å². The van der Waals surface area contributed by atoms with E-state index in [1.54, 1.807) is 35.5 Å². The van der Waals surface area contributed by atoms with Crippen molar-refractivity contribution in [2.75, 3.05) is 44.7 Å². The van der Waals surface area contributed by atoms with Crippen molar-refractivity contribution >= 4 is 34.1 Å². The first kappa shape index (κ1) is 36.5. The van der Waals surface area contributed by atoms with Gasteiger partial charge in [-0.3, -0.25) is 29.1 Å². The number of carbonyl (C=O) groups excluding carboxylic acids is 3. The van der Waals surface area contributed by atoms with Gasteiger partial charge in [-0.25, -0.2) is 0 Å². The number of unbranched alkanes of at least 4 members (excludes halogenated alkanes) is 1. The highest BCUT2D eigenvalue weighted by molar-refractivity contribution is 6.09. The maximum absolute atomic E-state index is 13.5. The summed E-state index contributed by atoms with van der Waals surface area (Å²) in [5.74, 6) is 0.0975. The van der Waals surface area contributed by atoms with E-state index in [2.05, 4.69) is 41.1 Å². The number of ketones is 1. The van der Waals surface area contributed by atoms with Crippen LogP contribution in [0.4, 0.5) is 5.69 Å². The van der Waals surface area contributed by atoms with Crippen LogP contribution in [0.2, 0.25) is 0 Å². The Morgan fingerprint density at radius 2 is 1.62 bits per heavy atom. The van der Waals surface area contributed by atoms with Gasteiger partial charge in [-0.1, -0.05) is 37.6 Å². The summed E-state index contributed by atoms with van der Waals surface area (Å²) in [5.41, 5.74) is 4.47. The predicted molar refractivity (Wildman–Crippen MR) is 204 cm³/mol. The Kier molecular flexibility index (Phi) is 11.3. The molecule has 0 spiro atoms. The van der Waals surface area contributed by atoms with Gasteiger partial charge in [-0.2, -0.15) is 0 Å². The van der Waals surface area contributed by atoms with Crippen molar-refractivity contribution in [2.24, 2.45) is 0 Å². The molecule has 2 aromatic heterocycles. The number of benzene rings is 2. The Morgan fingerprint density at radius 3 is 2.32 bits per heavy atom. The van der Waals surface area contributed by atoms with Crippen molar-refractivity contribution in [1.29, 1.82) is 0 Å². The number of methoxy groups -OCH3 is 1. The summed E-state index contributed by atoms with van der Waals surface area (Å²) in [7, 11) is 1.54. The van der Waals surface area contributed by atoms with Crippen LogP contribution in [0, 0.1) is 0 Å². The van der Waals surface area contributed by atoms with E-state index in [1.807, 2.05) is 21.7 Å². The molecule has 7 rings (SSSR count). The van der Waals surface area contributed by atoms with E-state index < -0.39 is 0 Å². The second-order valence-electron chi connectivity index (χ2n) is 14.5. The molecule has 0 aliphatic carbocycles. The highest BCUT2D eigenvalue weighted by Gasteiger charge is 2.31. The quantitative estimate of drug-likeness (QED) is 0.178. The lowest BCUT2D eigenvalue weighted by Crippen LogP contribution is -2.43. The van der Waals surface area contributed by atoms with Crippen LogP contribution in [0.3, 0.4) is 0 Å². The lowest BCUT2D eigenvalue weighted by atomic mass is 10.00. The number of fused-ring (bicyclic) bond motifs is 1. The molecule has 0 N–H and O–H groups in total. The fraction of sp³-hybridized carbons (Fsp3) is 0.452. The highest BCUT2D eigenvalue weighted by atomic mass is 16.5. The zero-order chi connectivity index (χ0) is 36.9. The number of pyridine rings is 2. The molecule has 0 unspecified atom stereocenters. The molecule has 2 amide bonds. The number of aromatic nitrogens is 2. The van der Waals surface area contributed by atoms with Crippen LogP contribution in [-0.4, -0.2) is 89.0 Å². The van der Waals surface area contributed by atoms with Crippen molar-refractivity contribution in [3.05, 3.63) is 88.6 Å². The number of hydrogen-bond donors (Lipinski definition) is 0. The smallest absolute Gasteiger partial charge is 0.260 e. The fourth-order valence-electron chi connectivity index (χ4n) is 7.87. The number of amides is 2. The summed E-state index contributed by atoms with van der Waals surface area (Å²) in [4.78, 5) is 61.1. The molecular formula is C42H49N5O6. The van der Waals surface area contributed by atoms with Gasteiger partial charge in [0.2, 0.25) is 5.91 Å². The highest BCUT2D eigenvalue weighted by Crippen LogP contribution is 2.33. The third-order valence-corrected chi connectivity index (χ3v) is 10.9. The van der Waals surface area contributed by atoms with Gasteiger partial charge >= 0.3 is 0 Å². The van der Waals surface area contributed by atoms with Gasteiger partial charge in [-0.05, 0) is 72.9 Å². The average molecular weight is 720 g/mol. The van der Waals surface area contributed by atoms with E-state index in [9.17, 15) is 19.2 Å². The van der Waals surface area contributed by atoms with Crippen LogP contribution in [0.1, 0.15) is 74.2 Å². The van der Waals surface area contributed by atoms with E-state index in [-0.39, 0.29) is 48.3 Å². The van der Waals surface area contributed by atoms with Gasteiger partial charge < -0.3 is 23.8 Å². The average Bonchev–Trinajstić information content (AvgIpc) is 3.19. The zero-order valence-electron chi connectivity index (χ0n) is 30.8. The lowest BCUT2D eigenvalue weighted by molar-refractivity contribution is -0.128. The van der Waals surface area contributed by atoms with Crippen LogP contribution in [-0.2, 0) is 27.4 Å². The largest absolute Gasteiger partial charge is 0.495 e. The van der Waals surface area contributed by atoms with Gasteiger partial charge in [0.25, 0.3) is 11.5 Å². The Bertz CT molecular complexity index is 2010. The topological polar surface area (TPSA) is 114 Å². The van der Waals surface area contributed by atoms with Gasteiger partial charge in [0.1, 0.15) is 11.5 Å². The van der Waals surface area contributed by atoms with Gasteiger partial charge in [0, 0.05) is 82.0 Å². The van der Waals surface area contributed by atoms with Crippen LogP contribution in [0.5, 0.6) is 5.75 Å². The Hall–Kier alpha value is -4.87. The molecule has 0 atom stereocenters. The van der Waals surface area contributed by atoms with Crippen molar-refractivity contribution in [2.45, 2.75) is 83.6 Å². The molecular weight excluding hydrogens is 670 g/mol. The summed E-state index contributed by atoms with van der Waals surface area (Å²) >= 11 is 0. The van der Waals surface area contributed by atoms with Crippen molar-refractivity contribution in [3.63, 3.8) is 0 Å². The summed E-state index contributed by atoms with van der Waals surface area (Å²) in [6, 6.07) is 15.8. The second kappa shape index (κ2) is 16.4. The molecule has 3 fully saturated rings. The molecule has 4 aromatic rings. The number of piperidine rings is 3. The van der Waals surface area contributed by atoms with E-state index in [4.69, 9.17) is 9.47 Å². The summed E-state index contributed by atoms with van der Waals surface area (Å²) in [6.45, 7) is 7.17. The molecule has 11 heteroatoms. The molecule has 278 valence electrons. The molecule has 11 nitrogen and oxygen atoms in total. The van der Waals surface area contributed by atoms with Gasteiger partial charge in [0.05, 0.1) is 36.8 Å². The van der Waals surface area contributed by atoms with Crippen molar-refractivity contribution in [3.8, 4) is 16.9 Å². The van der Waals surface area contributed by atoms with Gasteiger partial charge in [-0.15, -0.1) is 0 Å². The summed E-state index contributed by atoms with van der Waals surface area (Å²) in [5, 5.41) is 1.59. The van der Waals surface area contributed by atoms with Crippen molar-refractivity contribution in [1.82, 2.24) is 19.4 Å². The maximum Gasteiger partial charge on any atom is 0.260 e. The molecule has 3 aliphatic rings. The van der Waals surface area contributed by atoms with Crippen LogP contribution >= 0.6 is 0 Å². The first-order valence-corrected chi connectivity index (χ1v) is 19.0. The monoisotopic (exact) mass is 719 g/mol. The lowest BCUT2D eigenvalue weighted by Gasteiger charge is -2.37. The minimum absolute atomic E-state index is 0.0171. The predicted octanol–water partition coefficient (Wildman–Crippen LogP) is 5.85. The van der Waals surface area contributed by atoms with E-state index in [0.29, 0.717) is 48.4 Å². The number of Topliss-reactive ketones (excluding diaryl/α,β-unsaturated/α-hetero) is 1. The van der Waals surface area contributed by atoms with E-state index in [1.165, 1.54) is 12.7 Å². The number of carbonyl (C=O) groups is 3. The second-order valence-corrected chi connectivity index (χ2v) is 14.5. The first-order chi connectivity index (χ1) is 25.8. The molecule has 2 aromatic carbocycles. The molecule has 0 radical (unpaired) electrons. The first-order valence-electron chi connectivity index (χ1n) is 19.0. The van der Waals surface area contributed by atoms with Crippen molar-refractivity contribution < 1.29 is 23.9 Å². The number of hydrogen-bond acceptors (Lipinski definition) is 8. The fourth-order valence-corrected chi connectivity index (χ4v) is 7.87. The number of ether oxygens (including phenoxy) is 2. The molecule has 53 heavy (non-hydrogen) atoms. The Labute approximate surface area is 310 Å². The third-order valence-electron chi connectivity index (χ3n) is 10.9. The maximum atomic E-state index is 13.5. The Balaban J connectivity index is 0.893. The number of rotatable bonds is 11. The van der Waals surface area contributed by atoms with Crippen LogP contribution in [0.25, 0.3) is 21.9 Å². The molecule has 3 saturated heterocycles. The molecule has 0 bridgehead atoms. The number of anilines is 1. The molecule has 0 saturated carbocycles. The third kappa shape index (κ3) is 8.21. The summed E-state index contributed by atoms with van der Waals surface area (Å²) < 4.78 is 13.9. The number of likely N-dealkylation sites (tertiary alicyclic amines) is 2. The van der Waals surface area contributed by atoms with Crippen LogP contribution < -0.4 is 15.2 Å². The normalized spacial score (nSPS) is 17.8. The molecule has 3 aliphatic heterocycles. The minimum atomic E-state index is -0.269. The number of nitrogens with zero attached hydrogens (tertiary/aromatic N) is 5. The van der Waals surface area contributed by atoms with E-state index >= 15 is 0 Å². The van der Waals surface area contributed by atoms with E-state index in [0.717, 1.165) is 74.7 Å². The minimum Gasteiger partial charge on any atom is -0.495 e. The zero-order valence-corrected chi connectivity index (χ0v) is 30.8. The standard InChI is InChI=1S/C42H49N5O6/c1-3-4-18-46-28-37(35-11-17-43-26-36(35)42(46)51)30-7-5-29(6-8-30)27-44-19-13-33(14-20-44)53-34-15-21-45(22-16-34)41(50)31-9-10-39(52-2)38(24-31)47-23-12-32(48)25-40(47)49/h5-11,17,24,26,28,33-34H,3-4,12-16,18-23,25,27H2,1-2H3. The number of aryl methyl sites for hydroxylation is 1. The summed E-state index contributed by atoms with van der Waals surface area (Å²) in [6.07, 6.45) is 11.5.